The van der Waals surface area contributed by atoms with E-state index in [4.69, 9.17) is 4.74 Å². The Kier molecular flexibility index (Phi) is 10.1. The number of carbonyl (C=O) groups excluding carboxylic acids is 1. The van der Waals surface area contributed by atoms with Crippen molar-refractivity contribution in [3.8, 4) is 16.9 Å². The fraction of sp³-hybridized carbons (Fsp3) is 0.387. The molecule has 0 spiro atoms. The fourth-order valence-electron chi connectivity index (χ4n) is 4.89. The second kappa shape index (κ2) is 13.7. The van der Waals surface area contributed by atoms with Crippen molar-refractivity contribution >= 4 is 15.9 Å². The molecule has 1 amide bonds. The summed E-state index contributed by atoms with van der Waals surface area (Å²) < 4.78 is 31.6. The quantitative estimate of drug-likeness (QED) is 0.274. The lowest BCUT2D eigenvalue weighted by Gasteiger charge is -2.24. The third-order valence-electron chi connectivity index (χ3n) is 6.98. The Morgan fingerprint density at radius 1 is 0.974 bits per heavy atom. The molecule has 3 aromatic rings. The number of benzene rings is 3. The zero-order valence-corrected chi connectivity index (χ0v) is 23.3. The van der Waals surface area contributed by atoms with Gasteiger partial charge >= 0.3 is 0 Å². The molecular weight excluding hydrogens is 512 g/mol. The Morgan fingerprint density at radius 2 is 1.67 bits per heavy atom. The lowest BCUT2D eigenvalue weighted by molar-refractivity contribution is 0.0969. The van der Waals surface area contributed by atoms with Gasteiger partial charge in [-0.15, -0.1) is 0 Å². The summed E-state index contributed by atoms with van der Waals surface area (Å²) in [4.78, 5) is 12.7. The van der Waals surface area contributed by atoms with Crippen molar-refractivity contribution in [2.45, 2.75) is 57.2 Å². The Labute approximate surface area is 231 Å². The molecule has 0 aliphatic heterocycles. The van der Waals surface area contributed by atoms with Gasteiger partial charge in [-0.25, -0.2) is 13.1 Å². The molecule has 3 N–H and O–H groups in total. The number of amides is 1. The van der Waals surface area contributed by atoms with Gasteiger partial charge in [0, 0.05) is 6.54 Å². The minimum absolute atomic E-state index is 0.0172. The number of aliphatic hydroxyl groups is 1. The lowest BCUT2D eigenvalue weighted by Crippen LogP contribution is -2.30. The van der Waals surface area contributed by atoms with Crippen molar-refractivity contribution in [3.63, 3.8) is 0 Å². The second-order valence-electron chi connectivity index (χ2n) is 10.2. The minimum Gasteiger partial charge on any atom is -0.490 e. The highest BCUT2D eigenvalue weighted by Gasteiger charge is 2.21. The molecule has 8 heteroatoms. The molecule has 0 aromatic heterocycles. The molecule has 208 valence electrons. The van der Waals surface area contributed by atoms with Crippen molar-refractivity contribution < 1.29 is 23.1 Å². The molecule has 1 aliphatic carbocycles. The summed E-state index contributed by atoms with van der Waals surface area (Å²) in [7, 11) is -3.69. The van der Waals surface area contributed by atoms with E-state index in [1.165, 1.54) is 12.0 Å². The monoisotopic (exact) mass is 550 g/mol. The fourth-order valence-corrected chi connectivity index (χ4v) is 5.33. The van der Waals surface area contributed by atoms with Crippen LogP contribution < -0.4 is 14.8 Å². The number of hydrogen-bond donors (Lipinski definition) is 3. The molecule has 7 nitrogen and oxygen atoms in total. The van der Waals surface area contributed by atoms with E-state index in [2.05, 4.69) is 34.3 Å². The highest BCUT2D eigenvalue weighted by atomic mass is 32.2. The van der Waals surface area contributed by atoms with Gasteiger partial charge in [0.1, 0.15) is 5.75 Å². The molecule has 1 aliphatic rings. The highest BCUT2D eigenvalue weighted by Crippen LogP contribution is 2.31. The van der Waals surface area contributed by atoms with Crippen LogP contribution in [0.25, 0.3) is 11.1 Å². The van der Waals surface area contributed by atoms with Crippen LogP contribution in [0.1, 0.15) is 66.1 Å². The first-order valence-electron chi connectivity index (χ1n) is 13.6. The lowest BCUT2D eigenvalue weighted by atomic mass is 9.97. The first-order valence-corrected chi connectivity index (χ1v) is 15.5. The van der Waals surface area contributed by atoms with Gasteiger partial charge in [-0.05, 0) is 79.5 Å². The zero-order chi connectivity index (χ0) is 27.7. The first kappa shape index (κ1) is 28.8. The van der Waals surface area contributed by atoms with Crippen molar-refractivity contribution in [3.05, 3.63) is 89.5 Å². The van der Waals surface area contributed by atoms with Gasteiger partial charge in [0.05, 0.1) is 24.0 Å². The smallest absolute Gasteiger partial charge is 0.268 e. The summed E-state index contributed by atoms with van der Waals surface area (Å²) in [5.74, 6) is -0.275. The van der Waals surface area contributed by atoms with Crippen LogP contribution in [0.5, 0.6) is 5.75 Å². The summed E-state index contributed by atoms with van der Waals surface area (Å²) in [5.41, 5.74) is 4.24. The van der Waals surface area contributed by atoms with E-state index in [1.807, 2.05) is 42.5 Å². The molecule has 0 saturated heterocycles. The van der Waals surface area contributed by atoms with Crippen LogP contribution in [0, 0.1) is 0 Å². The van der Waals surface area contributed by atoms with E-state index in [0.717, 1.165) is 68.0 Å². The van der Waals surface area contributed by atoms with Crippen LogP contribution in [-0.2, 0) is 16.4 Å². The molecular formula is C31H38N2O5S. The van der Waals surface area contributed by atoms with E-state index in [1.54, 1.807) is 6.07 Å². The first-order chi connectivity index (χ1) is 18.8. The number of sulfonamides is 1. The van der Waals surface area contributed by atoms with Crippen molar-refractivity contribution in [2.75, 3.05) is 19.3 Å². The molecule has 3 aromatic carbocycles. The topological polar surface area (TPSA) is 105 Å². The number of aliphatic hydroxyl groups excluding tert-OH is 1. The Balaban J connectivity index is 1.37. The van der Waals surface area contributed by atoms with Gasteiger partial charge in [-0.2, -0.15) is 0 Å². The Bertz CT molecular complexity index is 1320. The minimum atomic E-state index is -3.69. The van der Waals surface area contributed by atoms with E-state index in [0.29, 0.717) is 12.3 Å². The number of carbonyl (C=O) groups is 1. The van der Waals surface area contributed by atoms with Gasteiger partial charge in [0.2, 0.25) is 10.0 Å². The van der Waals surface area contributed by atoms with Crippen LogP contribution in [0.2, 0.25) is 0 Å². The van der Waals surface area contributed by atoms with Crippen LogP contribution in [-0.4, -0.2) is 44.9 Å². The molecule has 4 rings (SSSR count). The molecule has 0 heterocycles. The maximum atomic E-state index is 12.7. The van der Waals surface area contributed by atoms with Crippen molar-refractivity contribution in [1.82, 2.24) is 10.0 Å². The predicted molar refractivity (Wildman–Crippen MR) is 154 cm³/mol. The Morgan fingerprint density at radius 3 is 2.36 bits per heavy atom. The number of hydrogen-bond acceptors (Lipinski definition) is 6. The number of ether oxygens (including phenoxy) is 1. The third-order valence-corrected chi connectivity index (χ3v) is 7.53. The van der Waals surface area contributed by atoms with Crippen LogP contribution in [0.3, 0.4) is 0 Å². The number of rotatable bonds is 12. The number of aryl methyl sites for hydroxylation is 1. The highest BCUT2D eigenvalue weighted by molar-refractivity contribution is 7.89. The molecule has 0 radical (unpaired) electrons. The van der Waals surface area contributed by atoms with Crippen LogP contribution in [0.15, 0.2) is 72.8 Å². The van der Waals surface area contributed by atoms with Gasteiger partial charge < -0.3 is 15.2 Å². The molecule has 0 unspecified atom stereocenters. The van der Waals surface area contributed by atoms with Gasteiger partial charge in [0.15, 0.2) is 0 Å². The molecule has 0 bridgehead atoms. The van der Waals surface area contributed by atoms with E-state index >= 15 is 0 Å². The molecule has 1 fully saturated rings. The molecule has 1 atom stereocenters. The zero-order valence-electron chi connectivity index (χ0n) is 22.4. The second-order valence-corrected chi connectivity index (χ2v) is 12.0. The summed E-state index contributed by atoms with van der Waals surface area (Å²) in [6.45, 7) is 1.33. The summed E-state index contributed by atoms with van der Waals surface area (Å²) in [5, 5.41) is 13.6. The van der Waals surface area contributed by atoms with Crippen LogP contribution in [0.4, 0.5) is 0 Å². The van der Waals surface area contributed by atoms with E-state index in [-0.39, 0.29) is 11.7 Å². The standard InChI is InChI=1S/C31H38N2O5S/c1-39(36,37)33-31(35)28-19-18-26(21-30(28)38-27-12-6-3-7-13-27)24-16-14-23(15-17-24)9-8-20-32-22-29(34)25-10-4-2-5-11-25/h2,4-5,10-11,14-19,21,27,29,32,34H,3,6-9,12-13,20,22H2,1H3,(H,33,35)/t29-/m1/s1. The summed E-state index contributed by atoms with van der Waals surface area (Å²) in [6.07, 6.45) is 7.52. The van der Waals surface area contributed by atoms with E-state index in [9.17, 15) is 18.3 Å². The van der Waals surface area contributed by atoms with Gasteiger partial charge in [-0.3, -0.25) is 4.79 Å². The summed E-state index contributed by atoms with van der Waals surface area (Å²) in [6, 6.07) is 23.2. The average molecular weight is 551 g/mol. The van der Waals surface area contributed by atoms with Gasteiger partial charge in [-0.1, -0.05) is 67.1 Å². The maximum absolute atomic E-state index is 12.7. The number of nitrogens with one attached hydrogen (secondary N) is 2. The normalized spacial score (nSPS) is 15.0. The van der Waals surface area contributed by atoms with E-state index < -0.39 is 22.0 Å². The van der Waals surface area contributed by atoms with Crippen molar-refractivity contribution in [2.24, 2.45) is 0 Å². The Hall–Kier alpha value is -3.20. The largest absolute Gasteiger partial charge is 0.490 e. The maximum Gasteiger partial charge on any atom is 0.268 e. The SMILES string of the molecule is CS(=O)(=O)NC(=O)c1ccc(-c2ccc(CCCNC[C@@H](O)c3ccccc3)cc2)cc1OC1CCCCC1. The molecule has 39 heavy (non-hydrogen) atoms. The van der Waals surface area contributed by atoms with Crippen molar-refractivity contribution in [1.29, 1.82) is 0 Å². The third kappa shape index (κ3) is 8.92. The molecule has 1 saturated carbocycles. The predicted octanol–water partition coefficient (Wildman–Crippen LogP) is 5.01. The van der Waals surface area contributed by atoms with Crippen LogP contribution >= 0.6 is 0 Å². The average Bonchev–Trinajstić information content (AvgIpc) is 2.93. The van der Waals surface area contributed by atoms with Gasteiger partial charge in [0.25, 0.3) is 5.91 Å². The summed E-state index contributed by atoms with van der Waals surface area (Å²) >= 11 is 0.